The fourth-order valence-electron chi connectivity index (χ4n) is 1.68. The van der Waals surface area contributed by atoms with Crippen LogP contribution in [0.5, 0.6) is 0 Å². The average molecular weight is 327 g/mol. The number of ether oxygens (including phenoxy) is 1. The van der Waals surface area contributed by atoms with Crippen LogP contribution in [0.2, 0.25) is 0 Å². The van der Waals surface area contributed by atoms with Gasteiger partial charge in [0.2, 0.25) is 0 Å². The van der Waals surface area contributed by atoms with Gasteiger partial charge in [-0.1, -0.05) is 28.1 Å². The van der Waals surface area contributed by atoms with Crippen molar-refractivity contribution in [2.24, 2.45) is 0 Å². The number of hydrogen-bond acceptors (Lipinski definition) is 2. The average Bonchev–Trinajstić information content (AvgIpc) is 2.37. The Morgan fingerprint density at radius 2 is 1.84 bits per heavy atom. The van der Waals surface area contributed by atoms with Gasteiger partial charge < -0.3 is 4.74 Å². The number of halogens is 3. The van der Waals surface area contributed by atoms with E-state index in [0.717, 1.165) is 6.07 Å². The molecule has 0 aliphatic carbocycles. The van der Waals surface area contributed by atoms with Gasteiger partial charge in [-0.25, -0.2) is 13.6 Å². The van der Waals surface area contributed by atoms with Crippen molar-refractivity contribution >= 4 is 21.9 Å². The molecular weight excluding hydrogens is 318 g/mol. The molecule has 0 atom stereocenters. The van der Waals surface area contributed by atoms with Crippen LogP contribution >= 0.6 is 15.9 Å². The smallest absolute Gasteiger partial charge is 0.340 e. The van der Waals surface area contributed by atoms with Gasteiger partial charge >= 0.3 is 5.97 Å². The molecule has 2 nitrogen and oxygen atoms in total. The van der Waals surface area contributed by atoms with Gasteiger partial charge in [0.05, 0.1) is 12.7 Å². The Labute approximate surface area is 117 Å². The molecular formula is C14H9BrF2O2. The normalized spacial score (nSPS) is 10.3. The Morgan fingerprint density at radius 1 is 1.11 bits per heavy atom. The van der Waals surface area contributed by atoms with Crippen molar-refractivity contribution in [2.75, 3.05) is 7.11 Å². The lowest BCUT2D eigenvalue weighted by Gasteiger charge is -2.06. The van der Waals surface area contributed by atoms with Crippen molar-refractivity contribution in [3.05, 3.63) is 58.1 Å². The monoisotopic (exact) mass is 326 g/mol. The highest BCUT2D eigenvalue weighted by Gasteiger charge is 2.14. The molecule has 2 aromatic rings. The maximum atomic E-state index is 13.8. The second-order valence-corrected chi connectivity index (χ2v) is 4.73. The highest BCUT2D eigenvalue weighted by Crippen LogP contribution is 2.27. The van der Waals surface area contributed by atoms with E-state index in [-0.39, 0.29) is 11.1 Å². The van der Waals surface area contributed by atoms with E-state index in [2.05, 4.69) is 20.7 Å². The highest BCUT2D eigenvalue weighted by atomic mass is 79.9. The van der Waals surface area contributed by atoms with Crippen LogP contribution in [0.4, 0.5) is 8.78 Å². The summed E-state index contributed by atoms with van der Waals surface area (Å²) in [7, 11) is 1.17. The number of carbonyl (C=O) groups excluding carboxylic acids is 1. The van der Waals surface area contributed by atoms with Crippen molar-refractivity contribution in [3.63, 3.8) is 0 Å². The lowest BCUT2D eigenvalue weighted by Crippen LogP contribution is -2.04. The topological polar surface area (TPSA) is 26.3 Å². The maximum absolute atomic E-state index is 13.8. The molecule has 0 bridgehead atoms. The molecule has 5 heteroatoms. The second kappa shape index (κ2) is 5.48. The molecule has 0 aliphatic heterocycles. The van der Waals surface area contributed by atoms with Crippen molar-refractivity contribution in [3.8, 4) is 11.1 Å². The van der Waals surface area contributed by atoms with Crippen molar-refractivity contribution in [2.45, 2.75) is 0 Å². The molecule has 0 N–H and O–H groups in total. The van der Waals surface area contributed by atoms with Gasteiger partial charge in [-0.15, -0.1) is 0 Å². The van der Waals surface area contributed by atoms with Crippen LogP contribution in [0, 0.1) is 11.6 Å². The summed E-state index contributed by atoms with van der Waals surface area (Å²) >= 11 is 3.15. The minimum Gasteiger partial charge on any atom is -0.465 e. The Balaban J connectivity index is 2.47. The summed E-state index contributed by atoms with van der Waals surface area (Å²) in [5, 5.41) is 0. The first-order valence-electron chi connectivity index (χ1n) is 5.36. The molecule has 98 valence electrons. The van der Waals surface area contributed by atoms with Crippen molar-refractivity contribution in [1.82, 2.24) is 0 Å². The van der Waals surface area contributed by atoms with E-state index >= 15 is 0 Å². The fraction of sp³-hybridized carbons (Fsp3) is 0.0714. The molecule has 0 radical (unpaired) electrons. The molecule has 2 rings (SSSR count). The van der Waals surface area contributed by atoms with Crippen LogP contribution in [0.1, 0.15) is 10.4 Å². The number of carbonyl (C=O) groups is 1. The van der Waals surface area contributed by atoms with Gasteiger partial charge in [-0.2, -0.15) is 0 Å². The summed E-state index contributed by atoms with van der Waals surface area (Å²) in [5.41, 5.74) is 0.442. The predicted molar refractivity (Wildman–Crippen MR) is 70.8 cm³/mol. The molecule has 19 heavy (non-hydrogen) atoms. The Morgan fingerprint density at radius 3 is 2.42 bits per heavy atom. The Hall–Kier alpha value is -1.75. The van der Waals surface area contributed by atoms with Gasteiger partial charge in [-0.05, 0) is 29.8 Å². The zero-order valence-electron chi connectivity index (χ0n) is 9.91. The van der Waals surface area contributed by atoms with Crippen LogP contribution in [0.3, 0.4) is 0 Å². The first kappa shape index (κ1) is 13.7. The minimum absolute atomic E-state index is 0.177. The molecule has 0 spiro atoms. The van der Waals surface area contributed by atoms with E-state index in [0.29, 0.717) is 10.0 Å². The Bertz CT molecular complexity index is 641. The Kier molecular flexibility index (Phi) is 3.95. The van der Waals surface area contributed by atoms with E-state index in [4.69, 9.17) is 0 Å². The molecule has 0 unspecified atom stereocenters. The third-order valence-corrected chi connectivity index (χ3v) is 3.11. The predicted octanol–water partition coefficient (Wildman–Crippen LogP) is 4.18. The first-order valence-corrected chi connectivity index (χ1v) is 6.15. The van der Waals surface area contributed by atoms with Crippen LogP contribution < -0.4 is 0 Å². The van der Waals surface area contributed by atoms with Crippen LogP contribution in [0.15, 0.2) is 40.9 Å². The molecule has 0 heterocycles. The summed E-state index contributed by atoms with van der Waals surface area (Å²) in [6.45, 7) is 0. The molecule has 0 aliphatic rings. The molecule has 0 fully saturated rings. The lowest BCUT2D eigenvalue weighted by atomic mass is 10.0. The zero-order valence-corrected chi connectivity index (χ0v) is 11.5. The van der Waals surface area contributed by atoms with Gasteiger partial charge in [-0.3, -0.25) is 0 Å². The third-order valence-electron chi connectivity index (χ3n) is 2.62. The summed E-state index contributed by atoms with van der Waals surface area (Å²) in [6.07, 6.45) is 0. The number of benzene rings is 2. The lowest BCUT2D eigenvalue weighted by molar-refractivity contribution is 0.0595. The van der Waals surface area contributed by atoms with Crippen LogP contribution in [0.25, 0.3) is 11.1 Å². The largest absolute Gasteiger partial charge is 0.465 e. The summed E-state index contributed by atoms with van der Waals surface area (Å²) < 4.78 is 32.5. The summed E-state index contributed by atoms with van der Waals surface area (Å²) in [4.78, 5) is 11.3. The molecule has 0 saturated heterocycles. The zero-order chi connectivity index (χ0) is 14.0. The number of methoxy groups -OCH3 is 1. The van der Waals surface area contributed by atoms with Crippen LogP contribution in [-0.4, -0.2) is 13.1 Å². The molecule has 0 saturated carbocycles. The van der Waals surface area contributed by atoms with Gasteiger partial charge in [0, 0.05) is 10.0 Å². The summed E-state index contributed by atoms with van der Waals surface area (Å²) in [6, 6.07) is 8.34. The summed E-state index contributed by atoms with van der Waals surface area (Å²) in [5.74, 6) is -1.98. The third kappa shape index (κ3) is 2.81. The van der Waals surface area contributed by atoms with Crippen LogP contribution in [-0.2, 0) is 4.74 Å². The molecule has 2 aromatic carbocycles. The van der Waals surface area contributed by atoms with E-state index in [1.54, 1.807) is 6.07 Å². The first-order chi connectivity index (χ1) is 9.02. The standard InChI is InChI=1S/C14H9BrF2O2/c1-19-14(18)11-4-2-8(6-12(11)16)10-5-3-9(15)7-13(10)17/h2-7H,1H3. The number of hydrogen-bond donors (Lipinski definition) is 0. The van der Waals surface area contributed by atoms with Gasteiger partial charge in [0.1, 0.15) is 11.6 Å². The molecule has 0 aromatic heterocycles. The minimum atomic E-state index is -0.764. The van der Waals surface area contributed by atoms with E-state index in [9.17, 15) is 13.6 Å². The van der Waals surface area contributed by atoms with Crippen molar-refractivity contribution in [1.29, 1.82) is 0 Å². The molecule has 0 amide bonds. The number of rotatable bonds is 2. The van der Waals surface area contributed by atoms with E-state index < -0.39 is 17.6 Å². The van der Waals surface area contributed by atoms with Gasteiger partial charge in [0.25, 0.3) is 0 Å². The van der Waals surface area contributed by atoms with Crippen molar-refractivity contribution < 1.29 is 18.3 Å². The quantitative estimate of drug-likeness (QED) is 0.774. The van der Waals surface area contributed by atoms with E-state index in [1.165, 1.54) is 31.4 Å². The van der Waals surface area contributed by atoms with Gasteiger partial charge in [0.15, 0.2) is 0 Å². The SMILES string of the molecule is COC(=O)c1ccc(-c2ccc(Br)cc2F)cc1F. The fourth-order valence-corrected chi connectivity index (χ4v) is 2.01. The number of esters is 1. The second-order valence-electron chi connectivity index (χ2n) is 3.81. The maximum Gasteiger partial charge on any atom is 0.340 e. The van der Waals surface area contributed by atoms with E-state index in [1.807, 2.05) is 0 Å². The highest BCUT2D eigenvalue weighted by molar-refractivity contribution is 9.10.